The van der Waals surface area contributed by atoms with Crippen molar-refractivity contribution in [3.05, 3.63) is 100 Å². The largest absolute Gasteiger partial charge is 0.465 e. The van der Waals surface area contributed by atoms with Gasteiger partial charge in [-0.25, -0.2) is 4.79 Å². The van der Waals surface area contributed by atoms with Crippen molar-refractivity contribution >= 4 is 33.3 Å². The average molecular weight is 491 g/mol. The smallest absolute Gasteiger partial charge is 0.343 e. The van der Waals surface area contributed by atoms with E-state index < -0.39 is 5.97 Å². The molecule has 0 aliphatic carbocycles. The summed E-state index contributed by atoms with van der Waals surface area (Å²) < 4.78 is 12.4. The minimum absolute atomic E-state index is 0.425. The molecule has 0 aliphatic rings. The average Bonchev–Trinajstić information content (AvgIpc) is 3.23. The van der Waals surface area contributed by atoms with Crippen molar-refractivity contribution in [2.24, 2.45) is 0 Å². The van der Waals surface area contributed by atoms with Gasteiger partial charge in [-0.15, -0.1) is 0 Å². The minimum atomic E-state index is -0.425. The highest BCUT2D eigenvalue weighted by atomic mass is 79.9. The minimum Gasteiger partial charge on any atom is -0.465 e. The number of hydrogen-bond donors (Lipinski definition) is 0. The zero-order valence-electron chi connectivity index (χ0n) is 17.9. The van der Waals surface area contributed by atoms with E-state index in [0.717, 1.165) is 21.4 Å². The van der Waals surface area contributed by atoms with E-state index in [0.29, 0.717) is 35.7 Å². The summed E-state index contributed by atoms with van der Waals surface area (Å²) in [7, 11) is 1.39. The molecule has 0 N–H and O–H groups in total. The number of benzene rings is 2. The second kappa shape index (κ2) is 9.83. The summed E-state index contributed by atoms with van der Waals surface area (Å²) in [5.74, 6) is 0.784. The molecule has 0 fully saturated rings. The topological polar surface area (TPSA) is 55.6 Å². The molecule has 162 valence electrons. The molecule has 0 atom stereocenters. The number of carbonyl (C=O) groups is 1. The SMILES string of the molecule is CCc1oc(-c2ccc(Br)cc2)c(N(Cc2ccccn2)c2ccccc2)c1C(=O)OC. The second-order valence-corrected chi connectivity index (χ2v) is 8.09. The van der Waals surface area contributed by atoms with Gasteiger partial charge in [0.15, 0.2) is 5.76 Å². The Morgan fingerprint density at radius 3 is 2.38 bits per heavy atom. The van der Waals surface area contributed by atoms with Crippen molar-refractivity contribution in [3.63, 3.8) is 0 Å². The molecule has 2 aromatic heterocycles. The Kier molecular flexibility index (Phi) is 6.71. The number of aromatic nitrogens is 1. The third-order valence-electron chi connectivity index (χ3n) is 5.16. The van der Waals surface area contributed by atoms with E-state index in [1.807, 2.05) is 79.7 Å². The van der Waals surface area contributed by atoms with Crippen molar-refractivity contribution in [3.8, 4) is 11.3 Å². The fourth-order valence-electron chi connectivity index (χ4n) is 3.65. The molecule has 0 bridgehead atoms. The Morgan fingerprint density at radius 1 is 1.03 bits per heavy atom. The summed E-state index contributed by atoms with van der Waals surface area (Å²) in [4.78, 5) is 19.5. The lowest BCUT2D eigenvalue weighted by molar-refractivity contribution is 0.0599. The molecule has 0 saturated heterocycles. The molecule has 5 nitrogen and oxygen atoms in total. The normalized spacial score (nSPS) is 10.7. The van der Waals surface area contributed by atoms with Gasteiger partial charge in [-0.2, -0.15) is 0 Å². The lowest BCUT2D eigenvalue weighted by Crippen LogP contribution is -2.20. The number of esters is 1. The number of hydrogen-bond acceptors (Lipinski definition) is 5. The number of furan rings is 1. The van der Waals surface area contributed by atoms with Crippen LogP contribution in [0.15, 0.2) is 87.9 Å². The van der Waals surface area contributed by atoms with Gasteiger partial charge >= 0.3 is 5.97 Å². The van der Waals surface area contributed by atoms with Gasteiger partial charge < -0.3 is 14.1 Å². The monoisotopic (exact) mass is 490 g/mol. The molecule has 4 aromatic rings. The molecule has 0 saturated carbocycles. The van der Waals surface area contributed by atoms with Crippen LogP contribution in [0.1, 0.15) is 28.7 Å². The fourth-order valence-corrected chi connectivity index (χ4v) is 3.91. The van der Waals surface area contributed by atoms with Crippen LogP contribution in [0, 0.1) is 0 Å². The van der Waals surface area contributed by atoms with Crippen molar-refractivity contribution in [1.82, 2.24) is 4.98 Å². The lowest BCUT2D eigenvalue weighted by atomic mass is 10.1. The first kappa shape index (κ1) is 21.8. The van der Waals surface area contributed by atoms with Crippen LogP contribution in [0.5, 0.6) is 0 Å². The van der Waals surface area contributed by atoms with Crippen LogP contribution in [0.25, 0.3) is 11.3 Å². The second-order valence-electron chi connectivity index (χ2n) is 7.17. The molecule has 0 unspecified atom stereocenters. The van der Waals surface area contributed by atoms with Gasteiger partial charge in [-0.3, -0.25) is 4.98 Å². The van der Waals surface area contributed by atoms with E-state index in [1.54, 1.807) is 6.20 Å². The predicted molar refractivity (Wildman–Crippen MR) is 129 cm³/mol. The summed E-state index contributed by atoms with van der Waals surface area (Å²) in [5.41, 5.74) is 3.77. The Hall–Kier alpha value is -3.38. The number of pyridine rings is 1. The highest BCUT2D eigenvalue weighted by Crippen LogP contribution is 2.43. The molecule has 32 heavy (non-hydrogen) atoms. The van der Waals surface area contributed by atoms with Crippen molar-refractivity contribution in [2.75, 3.05) is 12.0 Å². The Bertz CT molecular complexity index is 1190. The summed E-state index contributed by atoms with van der Waals surface area (Å²) in [6.45, 7) is 2.42. The Balaban J connectivity index is 1.98. The summed E-state index contributed by atoms with van der Waals surface area (Å²) in [5, 5.41) is 0. The van der Waals surface area contributed by atoms with E-state index in [4.69, 9.17) is 9.15 Å². The first-order valence-electron chi connectivity index (χ1n) is 10.3. The van der Waals surface area contributed by atoms with E-state index in [9.17, 15) is 4.79 Å². The van der Waals surface area contributed by atoms with E-state index >= 15 is 0 Å². The summed E-state index contributed by atoms with van der Waals surface area (Å²) in [6.07, 6.45) is 2.32. The van der Waals surface area contributed by atoms with Gasteiger partial charge in [-0.1, -0.05) is 59.3 Å². The van der Waals surface area contributed by atoms with E-state index in [2.05, 4.69) is 25.8 Å². The van der Waals surface area contributed by atoms with Crippen molar-refractivity contribution in [2.45, 2.75) is 19.9 Å². The number of rotatable bonds is 7. The number of aryl methyl sites for hydroxylation is 1. The molecular formula is C26H23BrN2O3. The molecule has 2 aromatic carbocycles. The summed E-state index contributed by atoms with van der Waals surface area (Å²) >= 11 is 3.49. The van der Waals surface area contributed by atoms with Gasteiger partial charge in [0.2, 0.25) is 0 Å². The van der Waals surface area contributed by atoms with E-state index in [-0.39, 0.29) is 0 Å². The van der Waals surface area contributed by atoms with Crippen molar-refractivity contribution in [1.29, 1.82) is 0 Å². The molecular weight excluding hydrogens is 468 g/mol. The number of halogens is 1. The first-order valence-corrected chi connectivity index (χ1v) is 11.1. The zero-order chi connectivity index (χ0) is 22.5. The molecule has 0 radical (unpaired) electrons. The number of ether oxygens (including phenoxy) is 1. The van der Waals surface area contributed by atoms with Crippen LogP contribution in [0.3, 0.4) is 0 Å². The predicted octanol–water partition coefficient (Wildman–Crippen LogP) is 6.79. The molecule has 0 aliphatic heterocycles. The lowest BCUT2D eigenvalue weighted by Gasteiger charge is -2.25. The molecule has 0 amide bonds. The van der Waals surface area contributed by atoms with Gasteiger partial charge in [-0.05, 0) is 36.4 Å². The van der Waals surface area contributed by atoms with Crippen LogP contribution in [-0.2, 0) is 17.7 Å². The third-order valence-corrected chi connectivity index (χ3v) is 5.69. The number of nitrogens with zero attached hydrogens (tertiary/aromatic N) is 2. The Morgan fingerprint density at radius 2 is 1.75 bits per heavy atom. The molecule has 4 rings (SSSR count). The van der Waals surface area contributed by atoms with Gasteiger partial charge in [0.05, 0.1) is 19.3 Å². The highest BCUT2D eigenvalue weighted by molar-refractivity contribution is 9.10. The quantitative estimate of drug-likeness (QED) is 0.267. The van der Waals surface area contributed by atoms with E-state index in [1.165, 1.54) is 7.11 Å². The standard InChI is InChI=1S/C26H23BrN2O3/c1-3-22-23(26(30)31-2)24(25(32-22)18-12-14-19(27)15-13-18)29(21-10-5-4-6-11-21)17-20-9-7-8-16-28-20/h4-16H,3,17H2,1-2H3. The number of anilines is 2. The third kappa shape index (κ3) is 4.46. The van der Waals surface area contributed by atoms with Crippen LogP contribution < -0.4 is 4.90 Å². The molecule has 2 heterocycles. The fraction of sp³-hybridized carbons (Fsp3) is 0.154. The Labute approximate surface area is 195 Å². The highest BCUT2D eigenvalue weighted by Gasteiger charge is 2.31. The zero-order valence-corrected chi connectivity index (χ0v) is 19.5. The maximum absolute atomic E-state index is 13.0. The van der Waals surface area contributed by atoms with Crippen molar-refractivity contribution < 1.29 is 13.9 Å². The van der Waals surface area contributed by atoms with Gasteiger partial charge in [0.25, 0.3) is 0 Å². The first-order chi connectivity index (χ1) is 15.6. The summed E-state index contributed by atoms with van der Waals surface area (Å²) in [6, 6.07) is 23.6. The van der Waals surface area contributed by atoms with Gasteiger partial charge in [0, 0.05) is 28.3 Å². The van der Waals surface area contributed by atoms with Crippen LogP contribution >= 0.6 is 15.9 Å². The number of para-hydroxylation sites is 1. The van der Waals surface area contributed by atoms with Gasteiger partial charge in [0.1, 0.15) is 17.0 Å². The number of carbonyl (C=O) groups excluding carboxylic acids is 1. The maximum Gasteiger partial charge on any atom is 0.343 e. The van der Waals surface area contributed by atoms with Crippen LogP contribution in [-0.4, -0.2) is 18.1 Å². The van der Waals surface area contributed by atoms with Crippen LogP contribution in [0.2, 0.25) is 0 Å². The molecule has 6 heteroatoms. The maximum atomic E-state index is 13.0. The van der Waals surface area contributed by atoms with Crippen LogP contribution in [0.4, 0.5) is 11.4 Å². The number of methoxy groups -OCH3 is 1. The molecule has 0 spiro atoms.